The first kappa shape index (κ1) is 20.6. The summed E-state index contributed by atoms with van der Waals surface area (Å²) in [5.41, 5.74) is 1.11. The number of benzene rings is 2. The van der Waals surface area contributed by atoms with Gasteiger partial charge < -0.3 is 4.74 Å². The Labute approximate surface area is 177 Å². The first-order chi connectivity index (χ1) is 13.8. The van der Waals surface area contributed by atoms with E-state index in [9.17, 15) is 19.7 Å². The zero-order valence-corrected chi connectivity index (χ0v) is 17.7. The highest BCUT2D eigenvalue weighted by molar-refractivity contribution is 9.10. The Kier molecular flexibility index (Phi) is 6.04. The lowest BCUT2D eigenvalue weighted by Crippen LogP contribution is -2.13. The van der Waals surface area contributed by atoms with Crippen LogP contribution in [0.5, 0.6) is 0 Å². The molecule has 0 saturated heterocycles. The summed E-state index contributed by atoms with van der Waals surface area (Å²) < 4.78 is 5.53. The molecule has 1 N–H and O–H groups in total. The van der Waals surface area contributed by atoms with Gasteiger partial charge in [-0.2, -0.15) is 0 Å². The van der Waals surface area contributed by atoms with E-state index in [1.807, 2.05) is 31.2 Å². The van der Waals surface area contributed by atoms with E-state index in [0.717, 1.165) is 39.8 Å². The van der Waals surface area contributed by atoms with Crippen molar-refractivity contribution in [3.8, 4) is 11.3 Å². The first-order valence-electron chi connectivity index (χ1n) is 8.21. The normalized spacial score (nSPS) is 10.4. The van der Waals surface area contributed by atoms with Gasteiger partial charge in [-0.1, -0.05) is 28.1 Å². The molecule has 0 aliphatic heterocycles. The van der Waals surface area contributed by atoms with Crippen molar-refractivity contribution < 1.29 is 19.2 Å². The number of halogens is 1. The third kappa shape index (κ3) is 4.66. The van der Waals surface area contributed by atoms with E-state index >= 15 is 0 Å². The molecule has 2 aromatic carbocycles. The lowest BCUT2D eigenvalue weighted by Gasteiger charge is -2.05. The number of aromatic nitrogens is 1. The van der Waals surface area contributed by atoms with Crippen LogP contribution in [0.4, 0.5) is 10.8 Å². The van der Waals surface area contributed by atoms with Crippen LogP contribution in [0, 0.1) is 17.0 Å². The molecule has 0 radical (unpaired) electrons. The number of nitro benzene ring substituents is 1. The number of hydrogen-bond acceptors (Lipinski definition) is 7. The van der Waals surface area contributed by atoms with Crippen LogP contribution in [0.1, 0.15) is 25.6 Å². The van der Waals surface area contributed by atoms with Crippen LogP contribution in [0.25, 0.3) is 11.3 Å². The number of nitro groups is 1. The van der Waals surface area contributed by atoms with Gasteiger partial charge >= 0.3 is 5.97 Å². The lowest BCUT2D eigenvalue weighted by atomic mass is 10.1. The maximum Gasteiger partial charge on any atom is 0.338 e. The number of nitrogens with zero attached hydrogens (tertiary/aromatic N) is 2. The number of nitrogens with one attached hydrogen (secondary N) is 1. The molecule has 8 nitrogen and oxygen atoms in total. The first-order valence-corrected chi connectivity index (χ1v) is 9.82. The van der Waals surface area contributed by atoms with Gasteiger partial charge in [0.05, 0.1) is 23.3 Å². The van der Waals surface area contributed by atoms with Crippen molar-refractivity contribution in [1.82, 2.24) is 4.98 Å². The molecule has 10 heteroatoms. The van der Waals surface area contributed by atoms with E-state index in [0.29, 0.717) is 5.13 Å². The molecule has 0 bridgehead atoms. The smallest absolute Gasteiger partial charge is 0.338 e. The van der Waals surface area contributed by atoms with Crippen molar-refractivity contribution in [2.24, 2.45) is 0 Å². The summed E-state index contributed by atoms with van der Waals surface area (Å²) in [4.78, 5) is 40.2. The zero-order chi connectivity index (χ0) is 21.1. The monoisotopic (exact) mass is 475 g/mol. The van der Waals surface area contributed by atoms with Gasteiger partial charge in [-0.05, 0) is 25.1 Å². The number of non-ortho nitro benzene ring substituents is 1. The topological polar surface area (TPSA) is 111 Å². The minimum atomic E-state index is -0.773. The van der Waals surface area contributed by atoms with Gasteiger partial charge in [-0.3, -0.25) is 20.2 Å². The fourth-order valence-corrected chi connectivity index (χ4v) is 3.67. The summed E-state index contributed by atoms with van der Waals surface area (Å²) in [7, 11) is 1.16. The molecule has 0 atom stereocenters. The standard InChI is InChI=1S/C19H14BrN3O5S/c1-10-16(11-3-5-14(20)6-4-11)21-19(29-10)22-17(24)12-7-13(18(25)28-2)9-15(8-12)23(26)27/h3-9H,1-2H3,(H,21,22,24). The summed E-state index contributed by atoms with van der Waals surface area (Å²) in [5.74, 6) is -1.39. The Hall–Kier alpha value is -3.11. The van der Waals surface area contributed by atoms with Crippen LogP contribution in [0.3, 0.4) is 0 Å². The third-order valence-electron chi connectivity index (χ3n) is 3.95. The second-order valence-electron chi connectivity index (χ2n) is 5.90. The van der Waals surface area contributed by atoms with E-state index in [-0.39, 0.29) is 16.8 Å². The molecule has 3 rings (SSSR count). The van der Waals surface area contributed by atoms with Gasteiger partial charge in [-0.25, -0.2) is 9.78 Å². The van der Waals surface area contributed by atoms with Crippen LogP contribution in [-0.2, 0) is 4.74 Å². The number of anilines is 1. The molecule has 0 fully saturated rings. The third-order valence-corrected chi connectivity index (χ3v) is 5.36. The number of ether oxygens (including phenoxy) is 1. The Balaban J connectivity index is 1.90. The molecule has 29 heavy (non-hydrogen) atoms. The van der Waals surface area contributed by atoms with E-state index in [1.165, 1.54) is 17.4 Å². The summed E-state index contributed by atoms with van der Waals surface area (Å²) in [6.07, 6.45) is 0. The Bertz CT molecular complexity index is 1110. The van der Waals surface area contributed by atoms with Crippen molar-refractivity contribution in [2.45, 2.75) is 6.92 Å². The molecule has 148 valence electrons. The molecule has 1 amide bonds. The number of methoxy groups -OCH3 is 1. The second kappa shape index (κ2) is 8.50. The van der Waals surface area contributed by atoms with Gasteiger partial charge in [0.2, 0.25) is 0 Å². The second-order valence-corrected chi connectivity index (χ2v) is 8.02. The maximum absolute atomic E-state index is 12.6. The number of carbonyl (C=O) groups excluding carboxylic acids is 2. The van der Waals surface area contributed by atoms with Gasteiger partial charge in [0.1, 0.15) is 0 Å². The number of aryl methyl sites for hydroxylation is 1. The summed E-state index contributed by atoms with van der Waals surface area (Å²) in [6, 6.07) is 11.0. The quantitative estimate of drug-likeness (QED) is 0.321. The maximum atomic E-state index is 12.6. The summed E-state index contributed by atoms with van der Waals surface area (Å²) in [6.45, 7) is 1.88. The van der Waals surface area contributed by atoms with Crippen LogP contribution in [0.15, 0.2) is 46.9 Å². The molecule has 0 saturated carbocycles. The minimum Gasteiger partial charge on any atom is -0.465 e. The molecule has 1 heterocycles. The summed E-state index contributed by atoms with van der Waals surface area (Å²) in [5, 5.41) is 14.1. The number of amides is 1. The van der Waals surface area contributed by atoms with E-state index in [2.05, 4.69) is 31.0 Å². The molecule has 0 spiro atoms. The predicted octanol–water partition coefficient (Wildman–Crippen LogP) is 4.83. The van der Waals surface area contributed by atoms with Crippen molar-refractivity contribution in [3.05, 3.63) is 73.1 Å². The number of hydrogen-bond donors (Lipinski definition) is 1. The van der Waals surface area contributed by atoms with Crippen molar-refractivity contribution in [2.75, 3.05) is 12.4 Å². The molecular weight excluding hydrogens is 462 g/mol. The highest BCUT2D eigenvalue weighted by Crippen LogP contribution is 2.31. The predicted molar refractivity (Wildman–Crippen MR) is 112 cm³/mol. The fourth-order valence-electron chi connectivity index (χ4n) is 2.58. The highest BCUT2D eigenvalue weighted by Gasteiger charge is 2.20. The van der Waals surface area contributed by atoms with Crippen LogP contribution >= 0.6 is 27.3 Å². The molecule has 1 aromatic heterocycles. The van der Waals surface area contributed by atoms with Gasteiger partial charge in [0.15, 0.2) is 5.13 Å². The van der Waals surface area contributed by atoms with Gasteiger partial charge in [-0.15, -0.1) is 11.3 Å². The van der Waals surface area contributed by atoms with E-state index in [1.54, 1.807) is 0 Å². The summed E-state index contributed by atoms with van der Waals surface area (Å²) >= 11 is 4.66. The van der Waals surface area contributed by atoms with Gasteiger partial charge in [0, 0.05) is 32.6 Å². The molecule has 0 aliphatic carbocycles. The number of rotatable bonds is 5. The number of esters is 1. The van der Waals surface area contributed by atoms with Gasteiger partial charge in [0.25, 0.3) is 11.6 Å². The molecule has 0 unspecified atom stereocenters. The zero-order valence-electron chi connectivity index (χ0n) is 15.3. The van der Waals surface area contributed by atoms with Crippen LogP contribution in [-0.4, -0.2) is 28.9 Å². The molecule has 3 aromatic rings. The van der Waals surface area contributed by atoms with Crippen molar-refractivity contribution in [1.29, 1.82) is 0 Å². The largest absolute Gasteiger partial charge is 0.465 e. The average Bonchev–Trinajstić information content (AvgIpc) is 3.07. The minimum absolute atomic E-state index is 0.0438. The lowest BCUT2D eigenvalue weighted by molar-refractivity contribution is -0.384. The SMILES string of the molecule is COC(=O)c1cc(C(=O)Nc2nc(-c3ccc(Br)cc3)c(C)s2)cc([N+](=O)[O-])c1. The number of carbonyl (C=O) groups is 2. The molecular formula is C19H14BrN3O5S. The van der Waals surface area contributed by atoms with E-state index < -0.39 is 16.8 Å². The number of thiazole rings is 1. The van der Waals surface area contributed by atoms with Crippen LogP contribution < -0.4 is 5.32 Å². The van der Waals surface area contributed by atoms with E-state index in [4.69, 9.17) is 0 Å². The molecule has 0 aliphatic rings. The van der Waals surface area contributed by atoms with Crippen molar-refractivity contribution >= 4 is 50.0 Å². The van der Waals surface area contributed by atoms with Crippen LogP contribution in [0.2, 0.25) is 0 Å². The average molecular weight is 476 g/mol. The fraction of sp³-hybridized carbons (Fsp3) is 0.105. The highest BCUT2D eigenvalue weighted by atomic mass is 79.9. The Morgan fingerprint density at radius 2 is 1.83 bits per heavy atom. The van der Waals surface area contributed by atoms with Crippen molar-refractivity contribution in [3.63, 3.8) is 0 Å². The Morgan fingerprint density at radius 3 is 2.45 bits per heavy atom. The Morgan fingerprint density at radius 1 is 1.17 bits per heavy atom.